The first kappa shape index (κ1) is 7.25. The number of nitrogens with two attached hydrogens (primary N) is 1. The Labute approximate surface area is 70.5 Å². The van der Waals surface area contributed by atoms with Gasteiger partial charge < -0.3 is 5.73 Å². The van der Waals surface area contributed by atoms with Gasteiger partial charge in [-0.05, 0) is 18.8 Å². The van der Waals surface area contributed by atoms with Crippen molar-refractivity contribution in [1.82, 2.24) is 4.98 Å². The molecule has 2 nitrogen and oxygen atoms in total. The molecule has 0 saturated heterocycles. The first-order chi connectivity index (χ1) is 5.38. The lowest BCUT2D eigenvalue weighted by Crippen LogP contribution is -1.96. The summed E-state index contributed by atoms with van der Waals surface area (Å²) in [5, 5.41) is 3.34. The van der Waals surface area contributed by atoms with E-state index in [1.54, 1.807) is 11.3 Å². The minimum atomic E-state index is 0.584. The van der Waals surface area contributed by atoms with Gasteiger partial charge in [0.25, 0.3) is 0 Å². The SMILES string of the molecule is NCc1csc(CC2CC2)n1. The summed E-state index contributed by atoms with van der Waals surface area (Å²) in [6.07, 6.45) is 3.99. The van der Waals surface area contributed by atoms with Crippen molar-refractivity contribution >= 4 is 11.3 Å². The highest BCUT2D eigenvalue weighted by atomic mass is 32.1. The smallest absolute Gasteiger partial charge is 0.0931 e. The Hall–Kier alpha value is -0.410. The van der Waals surface area contributed by atoms with E-state index >= 15 is 0 Å². The third-order valence-corrected chi connectivity index (χ3v) is 2.89. The number of nitrogens with zero attached hydrogens (tertiary/aromatic N) is 1. The largest absolute Gasteiger partial charge is 0.325 e. The first-order valence-electron chi connectivity index (χ1n) is 4.02. The molecule has 3 heteroatoms. The maximum atomic E-state index is 5.45. The zero-order valence-electron chi connectivity index (χ0n) is 6.42. The number of hydrogen-bond acceptors (Lipinski definition) is 3. The Morgan fingerprint density at radius 2 is 2.45 bits per heavy atom. The molecule has 0 radical (unpaired) electrons. The molecular weight excluding hydrogens is 156 g/mol. The molecule has 1 heterocycles. The highest BCUT2D eigenvalue weighted by Crippen LogP contribution is 2.33. The van der Waals surface area contributed by atoms with Crippen molar-refractivity contribution in [2.75, 3.05) is 0 Å². The fraction of sp³-hybridized carbons (Fsp3) is 0.625. The standard InChI is InChI=1S/C8H12N2S/c9-4-7-5-11-8(10-7)3-6-1-2-6/h5-6H,1-4,9H2. The fourth-order valence-corrected chi connectivity index (χ4v) is 2.03. The summed E-state index contributed by atoms with van der Waals surface area (Å²) in [6, 6.07) is 0. The Balaban J connectivity index is 1.99. The van der Waals surface area contributed by atoms with Gasteiger partial charge in [-0.25, -0.2) is 4.98 Å². The molecule has 1 aromatic heterocycles. The topological polar surface area (TPSA) is 38.9 Å². The van der Waals surface area contributed by atoms with Gasteiger partial charge in [0.2, 0.25) is 0 Å². The van der Waals surface area contributed by atoms with E-state index < -0.39 is 0 Å². The highest BCUT2D eigenvalue weighted by molar-refractivity contribution is 7.09. The van der Waals surface area contributed by atoms with Gasteiger partial charge in [0.05, 0.1) is 10.7 Å². The monoisotopic (exact) mass is 168 g/mol. The molecule has 2 N–H and O–H groups in total. The van der Waals surface area contributed by atoms with Crippen LogP contribution in [0.2, 0.25) is 0 Å². The second-order valence-corrected chi connectivity index (χ2v) is 4.03. The summed E-state index contributed by atoms with van der Waals surface area (Å²) >= 11 is 1.75. The average Bonchev–Trinajstić information content (AvgIpc) is 2.68. The lowest BCUT2D eigenvalue weighted by atomic mass is 10.3. The summed E-state index contributed by atoms with van der Waals surface area (Å²) < 4.78 is 0. The number of rotatable bonds is 3. The Bertz CT molecular complexity index is 240. The predicted octanol–water partition coefficient (Wildman–Crippen LogP) is 1.55. The van der Waals surface area contributed by atoms with Gasteiger partial charge in [-0.15, -0.1) is 11.3 Å². The van der Waals surface area contributed by atoms with Crippen molar-refractivity contribution in [2.45, 2.75) is 25.8 Å². The molecule has 1 aliphatic carbocycles. The lowest BCUT2D eigenvalue weighted by molar-refractivity contribution is 0.815. The fourth-order valence-electron chi connectivity index (χ4n) is 1.11. The summed E-state index contributed by atoms with van der Waals surface area (Å²) in [5.41, 5.74) is 6.50. The molecule has 0 aromatic carbocycles. The van der Waals surface area contributed by atoms with Crippen molar-refractivity contribution in [3.63, 3.8) is 0 Å². The number of hydrogen-bond donors (Lipinski definition) is 1. The van der Waals surface area contributed by atoms with Crippen LogP contribution in [0.5, 0.6) is 0 Å². The molecule has 60 valence electrons. The van der Waals surface area contributed by atoms with Crippen LogP contribution in [0, 0.1) is 5.92 Å². The lowest BCUT2D eigenvalue weighted by Gasteiger charge is -1.89. The molecular formula is C8H12N2S. The molecule has 1 aromatic rings. The highest BCUT2D eigenvalue weighted by Gasteiger charge is 2.22. The van der Waals surface area contributed by atoms with E-state index in [-0.39, 0.29) is 0 Å². The minimum Gasteiger partial charge on any atom is -0.325 e. The van der Waals surface area contributed by atoms with Crippen LogP contribution >= 0.6 is 11.3 Å². The normalized spacial score (nSPS) is 17.2. The van der Waals surface area contributed by atoms with Gasteiger partial charge >= 0.3 is 0 Å². The van der Waals surface area contributed by atoms with Gasteiger partial charge in [0.15, 0.2) is 0 Å². The van der Waals surface area contributed by atoms with Gasteiger partial charge in [-0.3, -0.25) is 0 Å². The second kappa shape index (κ2) is 2.91. The number of aromatic nitrogens is 1. The van der Waals surface area contributed by atoms with Crippen molar-refractivity contribution < 1.29 is 0 Å². The average molecular weight is 168 g/mol. The molecule has 0 bridgehead atoms. The molecule has 0 spiro atoms. The van der Waals surface area contributed by atoms with Crippen LogP contribution in [0.25, 0.3) is 0 Å². The van der Waals surface area contributed by atoms with Gasteiger partial charge in [0.1, 0.15) is 0 Å². The molecule has 0 amide bonds. The summed E-state index contributed by atoms with van der Waals surface area (Å²) in [7, 11) is 0. The Morgan fingerprint density at radius 1 is 1.64 bits per heavy atom. The molecule has 1 aliphatic rings. The van der Waals surface area contributed by atoms with Crippen LogP contribution in [0.3, 0.4) is 0 Å². The van der Waals surface area contributed by atoms with Gasteiger partial charge in [-0.2, -0.15) is 0 Å². The van der Waals surface area contributed by atoms with Crippen LogP contribution in [-0.4, -0.2) is 4.98 Å². The van der Waals surface area contributed by atoms with E-state index in [1.807, 2.05) is 0 Å². The molecule has 2 rings (SSSR count). The van der Waals surface area contributed by atoms with Crippen molar-refractivity contribution in [3.8, 4) is 0 Å². The first-order valence-corrected chi connectivity index (χ1v) is 4.90. The maximum Gasteiger partial charge on any atom is 0.0931 e. The zero-order valence-corrected chi connectivity index (χ0v) is 7.23. The third-order valence-electron chi connectivity index (χ3n) is 1.97. The minimum absolute atomic E-state index is 0.584. The molecule has 0 aliphatic heterocycles. The molecule has 11 heavy (non-hydrogen) atoms. The quantitative estimate of drug-likeness (QED) is 0.743. The predicted molar refractivity (Wildman–Crippen MR) is 46.4 cm³/mol. The van der Waals surface area contributed by atoms with E-state index in [9.17, 15) is 0 Å². The summed E-state index contributed by atoms with van der Waals surface area (Å²) in [4.78, 5) is 4.40. The summed E-state index contributed by atoms with van der Waals surface area (Å²) in [5.74, 6) is 0.937. The zero-order chi connectivity index (χ0) is 7.68. The van der Waals surface area contributed by atoms with E-state index in [0.717, 1.165) is 11.6 Å². The van der Waals surface area contributed by atoms with Crippen molar-refractivity contribution in [1.29, 1.82) is 0 Å². The Kier molecular flexibility index (Phi) is 1.92. The van der Waals surface area contributed by atoms with E-state index in [0.29, 0.717) is 6.54 Å². The Morgan fingerprint density at radius 3 is 3.00 bits per heavy atom. The number of thiazole rings is 1. The van der Waals surface area contributed by atoms with Crippen LogP contribution < -0.4 is 5.73 Å². The van der Waals surface area contributed by atoms with Crippen LogP contribution in [0.4, 0.5) is 0 Å². The second-order valence-electron chi connectivity index (χ2n) is 3.08. The van der Waals surface area contributed by atoms with Crippen molar-refractivity contribution in [2.24, 2.45) is 11.7 Å². The van der Waals surface area contributed by atoms with Crippen molar-refractivity contribution in [3.05, 3.63) is 16.1 Å². The molecule has 1 saturated carbocycles. The molecule has 1 fully saturated rings. The van der Waals surface area contributed by atoms with Crippen LogP contribution in [0.1, 0.15) is 23.5 Å². The van der Waals surface area contributed by atoms with Gasteiger partial charge in [0, 0.05) is 18.3 Å². The van der Waals surface area contributed by atoms with Crippen LogP contribution in [0.15, 0.2) is 5.38 Å². The van der Waals surface area contributed by atoms with E-state index in [2.05, 4.69) is 10.4 Å². The van der Waals surface area contributed by atoms with E-state index in [4.69, 9.17) is 5.73 Å². The summed E-state index contributed by atoms with van der Waals surface area (Å²) in [6.45, 7) is 0.584. The van der Waals surface area contributed by atoms with E-state index in [1.165, 1.54) is 24.3 Å². The molecule has 0 unspecified atom stereocenters. The maximum absolute atomic E-state index is 5.45. The van der Waals surface area contributed by atoms with Gasteiger partial charge in [-0.1, -0.05) is 0 Å². The molecule has 0 atom stereocenters. The van der Waals surface area contributed by atoms with Crippen LogP contribution in [-0.2, 0) is 13.0 Å². The third kappa shape index (κ3) is 1.79.